The number of aliphatic carboxylic acids is 1. The van der Waals surface area contributed by atoms with Gasteiger partial charge in [0, 0.05) is 0 Å². The molecule has 2 N–H and O–H groups in total. The molecule has 0 radical (unpaired) electrons. The zero-order chi connectivity index (χ0) is 19.3. The molecule has 0 aromatic rings. The number of hydrogen-bond acceptors (Lipinski definition) is 4. The molecule has 0 bridgehead atoms. The summed E-state index contributed by atoms with van der Waals surface area (Å²) in [6, 6.07) is 0. The molecule has 3 unspecified atom stereocenters. The van der Waals surface area contributed by atoms with Crippen LogP contribution in [0.3, 0.4) is 0 Å². The van der Waals surface area contributed by atoms with Crippen molar-refractivity contribution in [3.8, 4) is 0 Å². The van der Waals surface area contributed by atoms with Crippen molar-refractivity contribution in [2.24, 2.45) is 11.8 Å². The molecule has 0 fully saturated rings. The van der Waals surface area contributed by atoms with Gasteiger partial charge < -0.3 is 14.9 Å². The lowest BCUT2D eigenvalue weighted by Crippen LogP contribution is -2.44. The number of unbranched alkanes of at least 4 members (excludes halogenated alkanes) is 2. The smallest absolute Gasteiger partial charge is 0.338 e. The van der Waals surface area contributed by atoms with E-state index in [9.17, 15) is 14.7 Å². The zero-order valence-electron chi connectivity index (χ0n) is 16.6. The first-order valence-corrected chi connectivity index (χ1v) is 9.94. The molecule has 0 aromatic carbocycles. The first-order valence-electron chi connectivity index (χ1n) is 9.94. The number of rotatable bonds is 15. The van der Waals surface area contributed by atoms with E-state index >= 15 is 0 Å². The van der Waals surface area contributed by atoms with E-state index in [1.807, 2.05) is 6.92 Å². The van der Waals surface area contributed by atoms with Crippen molar-refractivity contribution in [2.45, 2.75) is 97.5 Å². The zero-order valence-corrected chi connectivity index (χ0v) is 16.6. The molecule has 0 saturated heterocycles. The lowest BCUT2D eigenvalue weighted by atomic mass is 9.83. The fourth-order valence-electron chi connectivity index (χ4n) is 3.12. The molecule has 0 aliphatic carbocycles. The number of carbonyl (C=O) groups excluding carboxylic acids is 1. The number of carboxylic acids is 1. The molecule has 0 heterocycles. The second-order valence-corrected chi connectivity index (χ2v) is 7.24. The number of carboxylic acid groups (broad SMARTS) is 1. The van der Waals surface area contributed by atoms with Crippen LogP contribution in [0.5, 0.6) is 0 Å². The van der Waals surface area contributed by atoms with Crippen LogP contribution in [0.4, 0.5) is 0 Å². The summed E-state index contributed by atoms with van der Waals surface area (Å²) < 4.78 is 5.36. The Balaban J connectivity index is 4.90. The van der Waals surface area contributed by atoms with Crippen LogP contribution < -0.4 is 0 Å². The summed E-state index contributed by atoms with van der Waals surface area (Å²) in [7, 11) is 0. The Morgan fingerprint density at radius 2 is 1.48 bits per heavy atom. The van der Waals surface area contributed by atoms with Gasteiger partial charge in [0.1, 0.15) is 0 Å². The predicted octanol–water partition coefficient (Wildman–Crippen LogP) is 4.56. The van der Waals surface area contributed by atoms with Crippen LogP contribution in [-0.4, -0.2) is 34.4 Å². The topological polar surface area (TPSA) is 83.8 Å². The number of esters is 1. The van der Waals surface area contributed by atoms with E-state index < -0.39 is 24.0 Å². The third kappa shape index (κ3) is 9.83. The first kappa shape index (κ1) is 23.9. The Labute approximate surface area is 153 Å². The highest BCUT2D eigenvalue weighted by molar-refractivity contribution is 5.85. The maximum atomic E-state index is 12.5. The number of carbonyl (C=O) groups is 2. The highest BCUT2D eigenvalue weighted by Crippen LogP contribution is 2.28. The minimum atomic E-state index is -1.93. The van der Waals surface area contributed by atoms with Gasteiger partial charge in [0.05, 0.1) is 13.0 Å². The molecule has 0 amide bonds. The summed E-state index contributed by atoms with van der Waals surface area (Å²) in [5.41, 5.74) is -1.93. The van der Waals surface area contributed by atoms with E-state index in [1.54, 1.807) is 0 Å². The molecule has 5 heteroatoms. The molecule has 0 saturated carbocycles. The van der Waals surface area contributed by atoms with E-state index in [0.29, 0.717) is 0 Å². The largest absolute Gasteiger partial charge is 0.481 e. The van der Waals surface area contributed by atoms with E-state index in [2.05, 4.69) is 20.8 Å². The molecule has 0 rings (SSSR count). The molecule has 0 spiro atoms. The van der Waals surface area contributed by atoms with Crippen LogP contribution >= 0.6 is 0 Å². The Bertz CT molecular complexity index is 382. The predicted molar refractivity (Wildman–Crippen MR) is 99.4 cm³/mol. The van der Waals surface area contributed by atoms with Crippen LogP contribution in [0.15, 0.2) is 0 Å². The molecule has 25 heavy (non-hydrogen) atoms. The summed E-state index contributed by atoms with van der Waals surface area (Å²) >= 11 is 0. The number of ether oxygens (including phenoxy) is 1. The van der Waals surface area contributed by atoms with Gasteiger partial charge in [0.2, 0.25) is 0 Å². The van der Waals surface area contributed by atoms with Gasteiger partial charge in [0.15, 0.2) is 5.60 Å². The summed E-state index contributed by atoms with van der Waals surface area (Å²) in [5.74, 6) is -1.57. The lowest BCUT2D eigenvalue weighted by molar-refractivity contribution is -0.174. The Hall–Kier alpha value is -1.10. The Kier molecular flexibility index (Phi) is 12.6. The molecule has 0 aliphatic rings. The van der Waals surface area contributed by atoms with Crippen molar-refractivity contribution in [3.05, 3.63) is 0 Å². The molecular weight excluding hydrogens is 320 g/mol. The van der Waals surface area contributed by atoms with Gasteiger partial charge in [-0.1, -0.05) is 72.6 Å². The van der Waals surface area contributed by atoms with Gasteiger partial charge in [-0.2, -0.15) is 0 Å². The van der Waals surface area contributed by atoms with E-state index in [4.69, 9.17) is 9.84 Å². The fourth-order valence-corrected chi connectivity index (χ4v) is 3.12. The highest BCUT2D eigenvalue weighted by Gasteiger charge is 2.41. The number of aliphatic hydroxyl groups is 1. The van der Waals surface area contributed by atoms with Gasteiger partial charge in [0.25, 0.3) is 0 Å². The average Bonchev–Trinajstić information content (AvgIpc) is 2.57. The molecule has 0 aliphatic heterocycles. The van der Waals surface area contributed by atoms with Gasteiger partial charge in [-0.3, -0.25) is 4.79 Å². The van der Waals surface area contributed by atoms with Gasteiger partial charge in [-0.15, -0.1) is 0 Å². The summed E-state index contributed by atoms with van der Waals surface area (Å²) in [4.78, 5) is 23.7. The second-order valence-electron chi connectivity index (χ2n) is 7.24. The van der Waals surface area contributed by atoms with Gasteiger partial charge in [-0.05, 0) is 24.7 Å². The van der Waals surface area contributed by atoms with Crippen molar-refractivity contribution >= 4 is 11.9 Å². The molecule has 3 atom stereocenters. The molecule has 5 nitrogen and oxygen atoms in total. The van der Waals surface area contributed by atoms with Crippen LogP contribution in [-0.2, 0) is 14.3 Å². The third-order valence-corrected chi connectivity index (χ3v) is 4.99. The summed E-state index contributed by atoms with van der Waals surface area (Å²) in [5, 5.41) is 19.9. The van der Waals surface area contributed by atoms with E-state index in [1.165, 1.54) is 0 Å². The maximum absolute atomic E-state index is 12.5. The summed E-state index contributed by atoms with van der Waals surface area (Å²) in [6.07, 6.45) is 7.33. The van der Waals surface area contributed by atoms with Crippen molar-refractivity contribution in [3.63, 3.8) is 0 Å². The quantitative estimate of drug-likeness (QED) is 0.419. The third-order valence-electron chi connectivity index (χ3n) is 4.99. The molecular formula is C20H38O5. The molecule has 0 aromatic heterocycles. The second kappa shape index (κ2) is 13.2. The van der Waals surface area contributed by atoms with Gasteiger partial charge >= 0.3 is 11.9 Å². The maximum Gasteiger partial charge on any atom is 0.338 e. The average molecular weight is 359 g/mol. The van der Waals surface area contributed by atoms with E-state index in [0.717, 1.165) is 51.4 Å². The highest BCUT2D eigenvalue weighted by atomic mass is 16.5. The van der Waals surface area contributed by atoms with E-state index in [-0.39, 0.29) is 24.9 Å². The first-order chi connectivity index (χ1) is 11.8. The van der Waals surface area contributed by atoms with Crippen molar-refractivity contribution in [1.29, 1.82) is 0 Å². The normalized spacial score (nSPS) is 16.0. The standard InChI is InChI=1S/C20H38O5/c1-5-9-11-16(7-3)13-20(24,14-18(21)22)19(23)25-15-17(8-4)12-10-6-2/h16-17,24H,5-15H2,1-4H3,(H,21,22). The monoisotopic (exact) mass is 358 g/mol. The Morgan fingerprint density at radius 3 is 1.92 bits per heavy atom. The summed E-state index contributed by atoms with van der Waals surface area (Å²) in [6.45, 7) is 8.51. The Morgan fingerprint density at radius 1 is 0.960 bits per heavy atom. The minimum Gasteiger partial charge on any atom is -0.481 e. The minimum absolute atomic E-state index is 0.124. The van der Waals surface area contributed by atoms with Crippen LogP contribution in [0.25, 0.3) is 0 Å². The number of hydrogen-bond donors (Lipinski definition) is 2. The van der Waals surface area contributed by atoms with Crippen molar-refractivity contribution in [2.75, 3.05) is 6.61 Å². The SMILES string of the molecule is CCCCC(CC)COC(=O)C(O)(CC(=O)O)CC(CC)CCCC. The van der Waals surface area contributed by atoms with Crippen LogP contribution in [0, 0.1) is 11.8 Å². The lowest BCUT2D eigenvalue weighted by Gasteiger charge is -2.29. The van der Waals surface area contributed by atoms with Crippen molar-refractivity contribution < 1.29 is 24.5 Å². The van der Waals surface area contributed by atoms with Gasteiger partial charge in [-0.25, -0.2) is 4.79 Å². The van der Waals surface area contributed by atoms with Crippen molar-refractivity contribution in [1.82, 2.24) is 0 Å². The van der Waals surface area contributed by atoms with Crippen LogP contribution in [0.1, 0.15) is 91.9 Å². The van der Waals surface area contributed by atoms with Crippen LogP contribution in [0.2, 0.25) is 0 Å². The molecule has 148 valence electrons. The fraction of sp³-hybridized carbons (Fsp3) is 0.900.